The molecule has 0 saturated carbocycles. The average molecular weight is 257 g/mol. The largest absolute Gasteiger partial charge is 0.379 e. The van der Waals surface area contributed by atoms with E-state index >= 15 is 0 Å². The molecule has 1 saturated heterocycles. The van der Waals surface area contributed by atoms with E-state index in [0.717, 1.165) is 32.8 Å². The van der Waals surface area contributed by atoms with Crippen molar-refractivity contribution < 1.29 is 9.47 Å². The van der Waals surface area contributed by atoms with E-state index in [9.17, 15) is 0 Å². The van der Waals surface area contributed by atoms with Gasteiger partial charge in [-0.25, -0.2) is 0 Å². The highest BCUT2D eigenvalue weighted by atomic mass is 16.5. The summed E-state index contributed by atoms with van der Waals surface area (Å²) in [6, 6.07) is 0.648. The number of rotatable bonds is 11. The first-order valence-corrected chi connectivity index (χ1v) is 7.75. The Hall–Kier alpha value is -0.120. The Labute approximate surface area is 113 Å². The first kappa shape index (κ1) is 15.9. The standard InChI is InChI=1S/C15H31NO2/c1-3-4-5-8-14(2)16-10-7-11-17-13-15-9-6-12-18-15/h14-16H,3-13H2,1-2H3. The molecule has 0 aromatic heterocycles. The Balaban J connectivity index is 1.79. The van der Waals surface area contributed by atoms with Crippen molar-refractivity contribution in [2.24, 2.45) is 0 Å². The number of hydrogen-bond donors (Lipinski definition) is 1. The predicted molar refractivity (Wildman–Crippen MR) is 76.0 cm³/mol. The zero-order valence-corrected chi connectivity index (χ0v) is 12.2. The molecule has 3 nitrogen and oxygen atoms in total. The summed E-state index contributed by atoms with van der Waals surface area (Å²) in [7, 11) is 0. The summed E-state index contributed by atoms with van der Waals surface area (Å²) < 4.78 is 11.1. The van der Waals surface area contributed by atoms with E-state index in [1.54, 1.807) is 0 Å². The minimum atomic E-state index is 0.367. The first-order chi connectivity index (χ1) is 8.83. The third-order valence-electron chi connectivity index (χ3n) is 3.53. The summed E-state index contributed by atoms with van der Waals surface area (Å²) in [6.07, 6.45) is 9.15. The van der Waals surface area contributed by atoms with Gasteiger partial charge in [-0.15, -0.1) is 0 Å². The maximum atomic E-state index is 5.63. The van der Waals surface area contributed by atoms with E-state index in [2.05, 4.69) is 19.2 Å². The number of unbranched alkanes of at least 4 members (excludes halogenated alkanes) is 2. The molecule has 0 amide bonds. The molecular weight excluding hydrogens is 226 g/mol. The van der Waals surface area contributed by atoms with Gasteiger partial charge in [0.2, 0.25) is 0 Å². The summed E-state index contributed by atoms with van der Waals surface area (Å²) in [4.78, 5) is 0. The van der Waals surface area contributed by atoms with Gasteiger partial charge in [0.1, 0.15) is 0 Å². The van der Waals surface area contributed by atoms with Gasteiger partial charge in [0.25, 0.3) is 0 Å². The Morgan fingerprint density at radius 2 is 2.22 bits per heavy atom. The van der Waals surface area contributed by atoms with Crippen LogP contribution in [0.3, 0.4) is 0 Å². The van der Waals surface area contributed by atoms with Gasteiger partial charge in [0.05, 0.1) is 12.7 Å². The van der Waals surface area contributed by atoms with E-state index in [1.165, 1.54) is 38.5 Å². The van der Waals surface area contributed by atoms with E-state index in [1.807, 2.05) is 0 Å². The Kier molecular flexibility index (Phi) is 9.54. The molecule has 0 bridgehead atoms. The summed E-state index contributed by atoms with van der Waals surface area (Å²) >= 11 is 0. The van der Waals surface area contributed by atoms with Crippen LogP contribution in [-0.4, -0.2) is 38.5 Å². The molecule has 108 valence electrons. The van der Waals surface area contributed by atoms with Crippen LogP contribution in [0.15, 0.2) is 0 Å². The molecule has 0 aliphatic carbocycles. The molecule has 1 rings (SSSR count). The lowest BCUT2D eigenvalue weighted by molar-refractivity contribution is 0.0165. The molecule has 1 fully saturated rings. The molecule has 0 radical (unpaired) electrons. The fraction of sp³-hybridized carbons (Fsp3) is 1.00. The molecule has 1 aliphatic heterocycles. The second-order valence-electron chi connectivity index (χ2n) is 5.41. The topological polar surface area (TPSA) is 30.5 Å². The second kappa shape index (κ2) is 10.8. The number of nitrogens with one attached hydrogen (secondary N) is 1. The average Bonchev–Trinajstić information content (AvgIpc) is 2.87. The van der Waals surface area contributed by atoms with Crippen LogP contribution in [0.5, 0.6) is 0 Å². The predicted octanol–water partition coefficient (Wildman–Crippen LogP) is 3.13. The quantitative estimate of drug-likeness (QED) is 0.577. The highest BCUT2D eigenvalue weighted by molar-refractivity contribution is 4.64. The van der Waals surface area contributed by atoms with E-state index in [4.69, 9.17) is 9.47 Å². The van der Waals surface area contributed by atoms with Crippen LogP contribution in [0, 0.1) is 0 Å². The Morgan fingerprint density at radius 3 is 2.94 bits per heavy atom. The number of ether oxygens (including phenoxy) is 2. The van der Waals surface area contributed by atoms with Crippen LogP contribution < -0.4 is 5.32 Å². The molecular formula is C15H31NO2. The summed E-state index contributed by atoms with van der Waals surface area (Å²) in [5, 5.41) is 3.56. The SMILES string of the molecule is CCCCCC(C)NCCCOCC1CCCO1. The van der Waals surface area contributed by atoms with Gasteiger partial charge in [-0.2, -0.15) is 0 Å². The smallest absolute Gasteiger partial charge is 0.0809 e. The Bertz CT molecular complexity index is 181. The van der Waals surface area contributed by atoms with Crippen LogP contribution in [0.4, 0.5) is 0 Å². The molecule has 0 aromatic carbocycles. The molecule has 0 aromatic rings. The lowest BCUT2D eigenvalue weighted by atomic mass is 10.1. The number of hydrogen-bond acceptors (Lipinski definition) is 3. The summed E-state index contributed by atoms with van der Waals surface area (Å²) in [6.45, 7) is 8.16. The van der Waals surface area contributed by atoms with Crippen molar-refractivity contribution in [3.05, 3.63) is 0 Å². The highest BCUT2D eigenvalue weighted by Gasteiger charge is 2.14. The minimum absolute atomic E-state index is 0.367. The van der Waals surface area contributed by atoms with E-state index in [-0.39, 0.29) is 0 Å². The molecule has 2 atom stereocenters. The lowest BCUT2D eigenvalue weighted by Crippen LogP contribution is -2.27. The van der Waals surface area contributed by atoms with Crippen molar-refractivity contribution >= 4 is 0 Å². The van der Waals surface area contributed by atoms with E-state index in [0.29, 0.717) is 12.1 Å². The van der Waals surface area contributed by atoms with Gasteiger partial charge in [-0.1, -0.05) is 26.2 Å². The van der Waals surface area contributed by atoms with Gasteiger partial charge in [-0.05, 0) is 39.2 Å². The third-order valence-corrected chi connectivity index (χ3v) is 3.53. The maximum Gasteiger partial charge on any atom is 0.0809 e. The summed E-state index contributed by atoms with van der Waals surface area (Å²) in [5.41, 5.74) is 0. The van der Waals surface area contributed by atoms with Crippen molar-refractivity contribution in [1.29, 1.82) is 0 Å². The van der Waals surface area contributed by atoms with Gasteiger partial charge < -0.3 is 14.8 Å². The fourth-order valence-corrected chi connectivity index (χ4v) is 2.32. The second-order valence-corrected chi connectivity index (χ2v) is 5.41. The van der Waals surface area contributed by atoms with Gasteiger partial charge in [-0.3, -0.25) is 0 Å². The van der Waals surface area contributed by atoms with Crippen LogP contribution in [-0.2, 0) is 9.47 Å². The van der Waals surface area contributed by atoms with Crippen molar-refractivity contribution in [3.8, 4) is 0 Å². The van der Waals surface area contributed by atoms with Gasteiger partial charge >= 0.3 is 0 Å². The van der Waals surface area contributed by atoms with Crippen molar-refractivity contribution in [2.75, 3.05) is 26.4 Å². The zero-order valence-electron chi connectivity index (χ0n) is 12.2. The fourth-order valence-electron chi connectivity index (χ4n) is 2.32. The molecule has 1 heterocycles. The van der Waals surface area contributed by atoms with Gasteiger partial charge in [0, 0.05) is 19.3 Å². The van der Waals surface area contributed by atoms with Crippen LogP contribution in [0.25, 0.3) is 0 Å². The van der Waals surface area contributed by atoms with Crippen molar-refractivity contribution in [3.63, 3.8) is 0 Å². The highest BCUT2D eigenvalue weighted by Crippen LogP contribution is 2.11. The molecule has 18 heavy (non-hydrogen) atoms. The monoisotopic (exact) mass is 257 g/mol. The van der Waals surface area contributed by atoms with Crippen molar-refractivity contribution in [1.82, 2.24) is 5.32 Å². The molecule has 2 unspecified atom stereocenters. The normalized spacial score (nSPS) is 21.3. The first-order valence-electron chi connectivity index (χ1n) is 7.75. The minimum Gasteiger partial charge on any atom is -0.379 e. The lowest BCUT2D eigenvalue weighted by Gasteiger charge is -2.14. The Morgan fingerprint density at radius 1 is 1.33 bits per heavy atom. The van der Waals surface area contributed by atoms with Gasteiger partial charge in [0.15, 0.2) is 0 Å². The molecule has 1 N–H and O–H groups in total. The van der Waals surface area contributed by atoms with Crippen LogP contribution in [0.1, 0.15) is 58.8 Å². The summed E-state index contributed by atoms with van der Waals surface area (Å²) in [5.74, 6) is 0. The molecule has 0 spiro atoms. The van der Waals surface area contributed by atoms with Crippen molar-refractivity contribution in [2.45, 2.75) is 70.9 Å². The third kappa shape index (κ3) is 8.06. The maximum absolute atomic E-state index is 5.63. The van der Waals surface area contributed by atoms with Crippen LogP contribution in [0.2, 0.25) is 0 Å². The van der Waals surface area contributed by atoms with Crippen LogP contribution >= 0.6 is 0 Å². The zero-order chi connectivity index (χ0) is 13.1. The molecule has 3 heteroatoms. The molecule has 1 aliphatic rings. The van der Waals surface area contributed by atoms with E-state index < -0.39 is 0 Å².